The summed E-state index contributed by atoms with van der Waals surface area (Å²) in [6, 6.07) is 10.8. The van der Waals surface area contributed by atoms with E-state index >= 15 is 0 Å². The molecule has 3 nitrogen and oxygen atoms in total. The highest BCUT2D eigenvalue weighted by atomic mass is 14.9. The normalized spacial score (nSPS) is 12.8. The van der Waals surface area contributed by atoms with E-state index in [1.807, 2.05) is 6.20 Å². The number of hydrogen-bond acceptors (Lipinski definition) is 2. The van der Waals surface area contributed by atoms with E-state index in [-0.39, 0.29) is 0 Å². The van der Waals surface area contributed by atoms with Crippen molar-refractivity contribution >= 4 is 0 Å². The van der Waals surface area contributed by atoms with Crippen molar-refractivity contribution in [3.63, 3.8) is 0 Å². The Bertz CT molecular complexity index is 448. The molecule has 1 aromatic carbocycles. The molecule has 1 heterocycles. The number of aromatic amines is 1. The molecule has 2 N–H and O–H groups in total. The van der Waals surface area contributed by atoms with Gasteiger partial charge >= 0.3 is 0 Å². The van der Waals surface area contributed by atoms with Crippen LogP contribution in [0.1, 0.15) is 31.0 Å². The average molecular weight is 257 g/mol. The number of H-pyrrole nitrogens is 1. The number of aromatic nitrogens is 2. The van der Waals surface area contributed by atoms with Crippen molar-refractivity contribution < 1.29 is 0 Å². The SMILES string of the molecule is CC(C)C(CNCCc1cnc[nH]1)c1ccccc1. The monoisotopic (exact) mass is 257 g/mol. The van der Waals surface area contributed by atoms with Crippen molar-refractivity contribution in [1.29, 1.82) is 0 Å². The Morgan fingerprint density at radius 2 is 2.00 bits per heavy atom. The standard InChI is InChI=1S/C16H23N3/c1-13(2)16(14-6-4-3-5-7-14)11-17-9-8-15-10-18-12-19-15/h3-7,10,12-13,16-17H,8-9,11H2,1-2H3,(H,18,19). The molecule has 0 aliphatic rings. The maximum absolute atomic E-state index is 4.03. The van der Waals surface area contributed by atoms with Crippen LogP contribution < -0.4 is 5.32 Å². The number of imidazole rings is 1. The lowest BCUT2D eigenvalue weighted by Gasteiger charge is -2.22. The van der Waals surface area contributed by atoms with Crippen LogP contribution in [0.5, 0.6) is 0 Å². The third kappa shape index (κ3) is 4.21. The van der Waals surface area contributed by atoms with E-state index < -0.39 is 0 Å². The van der Waals surface area contributed by atoms with Crippen LogP contribution >= 0.6 is 0 Å². The van der Waals surface area contributed by atoms with Crippen LogP contribution in [0.15, 0.2) is 42.9 Å². The second kappa shape index (κ2) is 7.10. The second-order valence-corrected chi connectivity index (χ2v) is 5.29. The van der Waals surface area contributed by atoms with Gasteiger partial charge in [0.2, 0.25) is 0 Å². The van der Waals surface area contributed by atoms with Crippen LogP contribution in [-0.4, -0.2) is 23.1 Å². The highest BCUT2D eigenvalue weighted by molar-refractivity contribution is 5.20. The van der Waals surface area contributed by atoms with Gasteiger partial charge in [0.05, 0.1) is 6.33 Å². The molecule has 0 amide bonds. The second-order valence-electron chi connectivity index (χ2n) is 5.29. The number of benzene rings is 1. The predicted molar refractivity (Wildman–Crippen MR) is 79.2 cm³/mol. The lowest BCUT2D eigenvalue weighted by molar-refractivity contribution is 0.463. The summed E-state index contributed by atoms with van der Waals surface area (Å²) in [6.45, 7) is 6.58. The molecule has 0 spiro atoms. The number of nitrogens with zero attached hydrogens (tertiary/aromatic N) is 1. The molecule has 0 saturated carbocycles. The highest BCUT2D eigenvalue weighted by Gasteiger charge is 2.14. The van der Waals surface area contributed by atoms with Crippen LogP contribution in [-0.2, 0) is 6.42 Å². The molecule has 0 saturated heterocycles. The van der Waals surface area contributed by atoms with Crippen LogP contribution in [0, 0.1) is 5.92 Å². The Kier molecular flexibility index (Phi) is 5.16. The molecule has 2 rings (SSSR count). The minimum Gasteiger partial charge on any atom is -0.348 e. The van der Waals surface area contributed by atoms with Gasteiger partial charge in [0.25, 0.3) is 0 Å². The van der Waals surface area contributed by atoms with Gasteiger partial charge in [-0.25, -0.2) is 4.98 Å². The summed E-state index contributed by atoms with van der Waals surface area (Å²) >= 11 is 0. The lowest BCUT2D eigenvalue weighted by atomic mass is 9.88. The van der Waals surface area contributed by atoms with Gasteiger partial charge in [-0.2, -0.15) is 0 Å². The van der Waals surface area contributed by atoms with Gasteiger partial charge in [-0.1, -0.05) is 44.2 Å². The molecular weight excluding hydrogens is 234 g/mol. The fourth-order valence-corrected chi connectivity index (χ4v) is 2.34. The first kappa shape index (κ1) is 13.8. The molecule has 3 heteroatoms. The van der Waals surface area contributed by atoms with E-state index in [2.05, 4.69) is 59.5 Å². The number of hydrogen-bond donors (Lipinski definition) is 2. The largest absolute Gasteiger partial charge is 0.348 e. The Morgan fingerprint density at radius 1 is 1.21 bits per heavy atom. The Balaban J connectivity index is 1.81. The third-order valence-electron chi connectivity index (χ3n) is 3.52. The molecule has 1 unspecified atom stereocenters. The predicted octanol–water partition coefficient (Wildman–Crippen LogP) is 2.98. The summed E-state index contributed by atoms with van der Waals surface area (Å²) < 4.78 is 0. The van der Waals surface area contributed by atoms with Gasteiger partial charge < -0.3 is 10.3 Å². The van der Waals surface area contributed by atoms with Crippen LogP contribution in [0.3, 0.4) is 0 Å². The van der Waals surface area contributed by atoms with E-state index in [1.165, 1.54) is 11.3 Å². The maximum atomic E-state index is 4.03. The summed E-state index contributed by atoms with van der Waals surface area (Å²) in [5.74, 6) is 1.21. The lowest BCUT2D eigenvalue weighted by Crippen LogP contribution is -2.26. The van der Waals surface area contributed by atoms with Crippen molar-refractivity contribution in [2.45, 2.75) is 26.2 Å². The fraction of sp³-hybridized carbons (Fsp3) is 0.438. The number of rotatable bonds is 7. The first-order valence-corrected chi connectivity index (χ1v) is 7.00. The van der Waals surface area contributed by atoms with E-state index in [4.69, 9.17) is 0 Å². The molecule has 0 radical (unpaired) electrons. The van der Waals surface area contributed by atoms with E-state index in [1.54, 1.807) is 6.33 Å². The van der Waals surface area contributed by atoms with E-state index in [0.29, 0.717) is 11.8 Å². The minimum atomic E-state index is 0.572. The zero-order chi connectivity index (χ0) is 13.5. The summed E-state index contributed by atoms with van der Waals surface area (Å²) in [7, 11) is 0. The molecule has 102 valence electrons. The van der Waals surface area contributed by atoms with Crippen LogP contribution in [0.2, 0.25) is 0 Å². The molecule has 1 atom stereocenters. The van der Waals surface area contributed by atoms with Gasteiger partial charge in [-0.3, -0.25) is 0 Å². The van der Waals surface area contributed by atoms with Crippen molar-refractivity contribution in [3.8, 4) is 0 Å². The smallest absolute Gasteiger partial charge is 0.0921 e. The fourth-order valence-electron chi connectivity index (χ4n) is 2.34. The van der Waals surface area contributed by atoms with Crippen LogP contribution in [0.25, 0.3) is 0 Å². The molecule has 0 aliphatic heterocycles. The van der Waals surface area contributed by atoms with Gasteiger partial charge in [0.1, 0.15) is 0 Å². The first-order chi connectivity index (χ1) is 9.27. The third-order valence-corrected chi connectivity index (χ3v) is 3.52. The quantitative estimate of drug-likeness (QED) is 0.749. The van der Waals surface area contributed by atoms with Gasteiger partial charge in [-0.05, 0) is 17.4 Å². The summed E-state index contributed by atoms with van der Waals surface area (Å²) in [5, 5.41) is 3.56. The maximum Gasteiger partial charge on any atom is 0.0921 e. The molecule has 0 fully saturated rings. The van der Waals surface area contributed by atoms with Gasteiger partial charge in [-0.15, -0.1) is 0 Å². The molecule has 2 aromatic rings. The Morgan fingerprint density at radius 3 is 2.63 bits per heavy atom. The average Bonchev–Trinajstić information content (AvgIpc) is 2.92. The van der Waals surface area contributed by atoms with Crippen molar-refractivity contribution in [3.05, 3.63) is 54.1 Å². The highest BCUT2D eigenvalue weighted by Crippen LogP contribution is 2.23. The van der Waals surface area contributed by atoms with Crippen LogP contribution in [0.4, 0.5) is 0 Å². The molecule has 0 bridgehead atoms. The van der Waals surface area contributed by atoms with E-state index in [0.717, 1.165) is 19.5 Å². The van der Waals surface area contributed by atoms with Crippen molar-refractivity contribution in [2.24, 2.45) is 5.92 Å². The summed E-state index contributed by atoms with van der Waals surface area (Å²) in [6.07, 6.45) is 4.62. The van der Waals surface area contributed by atoms with Crippen molar-refractivity contribution in [1.82, 2.24) is 15.3 Å². The molecule has 0 aliphatic carbocycles. The van der Waals surface area contributed by atoms with E-state index in [9.17, 15) is 0 Å². The Labute approximate surface area is 115 Å². The Hall–Kier alpha value is -1.61. The van der Waals surface area contributed by atoms with Crippen molar-refractivity contribution in [2.75, 3.05) is 13.1 Å². The molecular formula is C16H23N3. The number of nitrogens with one attached hydrogen (secondary N) is 2. The van der Waals surface area contributed by atoms with Gasteiger partial charge in [0.15, 0.2) is 0 Å². The minimum absolute atomic E-state index is 0.572. The first-order valence-electron chi connectivity index (χ1n) is 7.00. The summed E-state index contributed by atoms with van der Waals surface area (Å²) in [5.41, 5.74) is 2.61. The molecule has 1 aromatic heterocycles. The van der Waals surface area contributed by atoms with Gasteiger partial charge in [0, 0.05) is 31.4 Å². The topological polar surface area (TPSA) is 40.7 Å². The zero-order valence-electron chi connectivity index (χ0n) is 11.8. The zero-order valence-corrected chi connectivity index (χ0v) is 11.8. The summed E-state index contributed by atoms with van der Waals surface area (Å²) in [4.78, 5) is 7.16. The molecule has 19 heavy (non-hydrogen) atoms.